The van der Waals surface area contributed by atoms with Gasteiger partial charge in [0, 0.05) is 12.2 Å². The van der Waals surface area contributed by atoms with E-state index in [1.165, 1.54) is 4.90 Å². The molecule has 2 aliphatic rings. The van der Waals surface area contributed by atoms with Gasteiger partial charge in [0.05, 0.1) is 24.5 Å². The molecular formula is C28H26N2O4. The van der Waals surface area contributed by atoms with Crippen LogP contribution in [0.4, 0.5) is 11.4 Å². The van der Waals surface area contributed by atoms with Crippen LogP contribution in [0.1, 0.15) is 25.0 Å². The fourth-order valence-electron chi connectivity index (χ4n) is 4.62. The molecule has 0 aromatic heterocycles. The van der Waals surface area contributed by atoms with Gasteiger partial charge in [0.15, 0.2) is 0 Å². The molecule has 0 fully saturated rings. The molecule has 0 bridgehead atoms. The Morgan fingerprint density at radius 2 is 1.44 bits per heavy atom. The first-order valence-corrected chi connectivity index (χ1v) is 11.6. The highest BCUT2D eigenvalue weighted by Crippen LogP contribution is 2.42. The summed E-state index contributed by atoms with van der Waals surface area (Å²) >= 11 is 0. The number of hydrogen-bond acceptors (Lipinski definition) is 5. The molecule has 0 unspecified atom stereocenters. The minimum atomic E-state index is -0.360. The van der Waals surface area contributed by atoms with Gasteiger partial charge in [-0.1, -0.05) is 42.5 Å². The second-order valence-electron chi connectivity index (χ2n) is 8.06. The molecule has 3 aromatic rings. The zero-order chi connectivity index (χ0) is 23.7. The summed E-state index contributed by atoms with van der Waals surface area (Å²) in [5.74, 6) is 0.509. The molecule has 2 heterocycles. The van der Waals surface area contributed by atoms with Gasteiger partial charge in [-0.05, 0) is 61.7 Å². The number of rotatable bonds is 7. The van der Waals surface area contributed by atoms with Gasteiger partial charge < -0.3 is 14.4 Å². The van der Waals surface area contributed by atoms with Crippen LogP contribution in [0.25, 0.3) is 5.57 Å². The Kier molecular flexibility index (Phi) is 5.80. The number of ether oxygens (including phenoxy) is 2. The monoisotopic (exact) mass is 454 g/mol. The van der Waals surface area contributed by atoms with Crippen molar-refractivity contribution in [1.82, 2.24) is 0 Å². The van der Waals surface area contributed by atoms with E-state index < -0.39 is 0 Å². The van der Waals surface area contributed by atoms with Crippen molar-refractivity contribution < 1.29 is 19.1 Å². The van der Waals surface area contributed by atoms with Gasteiger partial charge in [-0.3, -0.25) is 9.59 Å². The molecule has 0 spiro atoms. The number of benzene rings is 3. The van der Waals surface area contributed by atoms with Crippen LogP contribution < -0.4 is 19.3 Å². The third kappa shape index (κ3) is 3.61. The second kappa shape index (κ2) is 9.06. The lowest BCUT2D eigenvalue weighted by Crippen LogP contribution is -2.35. The molecule has 0 atom stereocenters. The minimum Gasteiger partial charge on any atom is -0.494 e. The van der Waals surface area contributed by atoms with Crippen LogP contribution in [0.5, 0.6) is 11.5 Å². The van der Waals surface area contributed by atoms with Crippen molar-refractivity contribution in [2.45, 2.75) is 20.3 Å². The molecule has 6 nitrogen and oxygen atoms in total. The number of nitrogens with zero attached hydrogens (tertiary/aromatic N) is 2. The molecule has 6 heteroatoms. The first kappa shape index (κ1) is 21.8. The van der Waals surface area contributed by atoms with Crippen LogP contribution in [0.3, 0.4) is 0 Å². The third-order valence-corrected chi connectivity index (χ3v) is 6.08. The topological polar surface area (TPSA) is 59.1 Å². The minimum absolute atomic E-state index is 0.349. The van der Waals surface area contributed by atoms with E-state index >= 15 is 0 Å². The molecule has 0 saturated carbocycles. The highest BCUT2D eigenvalue weighted by Gasteiger charge is 2.44. The number of para-hydroxylation sites is 3. The summed E-state index contributed by atoms with van der Waals surface area (Å²) in [6.45, 7) is 5.41. The molecule has 0 saturated heterocycles. The van der Waals surface area contributed by atoms with Gasteiger partial charge in [0.2, 0.25) is 0 Å². The van der Waals surface area contributed by atoms with E-state index in [0.29, 0.717) is 48.0 Å². The molecule has 34 heavy (non-hydrogen) atoms. The lowest BCUT2D eigenvalue weighted by Gasteiger charge is -2.22. The van der Waals surface area contributed by atoms with Crippen molar-refractivity contribution in [3.05, 3.63) is 89.6 Å². The molecule has 0 aliphatic carbocycles. The molecular weight excluding hydrogens is 428 g/mol. The van der Waals surface area contributed by atoms with Crippen LogP contribution in [0.2, 0.25) is 0 Å². The van der Waals surface area contributed by atoms with Gasteiger partial charge in [-0.25, -0.2) is 4.90 Å². The molecule has 0 N–H and O–H groups in total. The summed E-state index contributed by atoms with van der Waals surface area (Å²) in [6, 6.07) is 22.5. The lowest BCUT2D eigenvalue weighted by molar-refractivity contribution is -0.120. The van der Waals surface area contributed by atoms with Gasteiger partial charge in [0.1, 0.15) is 17.2 Å². The number of carbonyl (C=O) groups excluding carboxylic acids is 2. The molecule has 2 aliphatic heterocycles. The Hall–Kier alpha value is -4.06. The van der Waals surface area contributed by atoms with Crippen LogP contribution in [0, 0.1) is 0 Å². The highest BCUT2D eigenvalue weighted by atomic mass is 16.5. The summed E-state index contributed by atoms with van der Waals surface area (Å²) in [7, 11) is 0. The molecule has 3 aromatic carbocycles. The Balaban J connectivity index is 1.65. The summed E-state index contributed by atoms with van der Waals surface area (Å²) in [5, 5.41) is 0. The van der Waals surface area contributed by atoms with Crippen LogP contribution >= 0.6 is 0 Å². The largest absolute Gasteiger partial charge is 0.494 e. The average Bonchev–Trinajstić information content (AvgIpc) is 3.38. The van der Waals surface area contributed by atoms with E-state index in [0.717, 1.165) is 23.4 Å². The van der Waals surface area contributed by atoms with Gasteiger partial charge in [0.25, 0.3) is 11.8 Å². The molecule has 5 rings (SSSR count). The fourth-order valence-corrected chi connectivity index (χ4v) is 4.62. The number of anilines is 2. The SMILES string of the molecule is CCOc1ccc(C2=C(N3CCc4ccccc43)C(=O)N(c3ccccc3OCC)C2=O)cc1. The van der Waals surface area contributed by atoms with E-state index in [9.17, 15) is 9.59 Å². The molecule has 2 amide bonds. The average molecular weight is 455 g/mol. The highest BCUT2D eigenvalue weighted by molar-refractivity contribution is 6.46. The fraction of sp³-hybridized carbons (Fsp3) is 0.214. The maximum Gasteiger partial charge on any atom is 0.282 e. The number of amides is 2. The van der Waals surface area contributed by atoms with Gasteiger partial charge in [-0.15, -0.1) is 0 Å². The molecule has 172 valence electrons. The number of imide groups is 1. The number of hydrogen-bond donors (Lipinski definition) is 0. The van der Waals surface area contributed by atoms with Crippen molar-refractivity contribution in [2.75, 3.05) is 29.6 Å². The van der Waals surface area contributed by atoms with E-state index in [2.05, 4.69) is 6.07 Å². The van der Waals surface area contributed by atoms with E-state index in [-0.39, 0.29) is 11.8 Å². The van der Waals surface area contributed by atoms with Crippen molar-refractivity contribution in [3.63, 3.8) is 0 Å². The predicted molar refractivity (Wildman–Crippen MR) is 132 cm³/mol. The van der Waals surface area contributed by atoms with Gasteiger partial charge in [-0.2, -0.15) is 0 Å². The van der Waals surface area contributed by atoms with Crippen molar-refractivity contribution in [2.24, 2.45) is 0 Å². The maximum atomic E-state index is 13.9. The molecule has 0 radical (unpaired) electrons. The first-order chi connectivity index (χ1) is 16.6. The predicted octanol–water partition coefficient (Wildman–Crippen LogP) is 4.83. The van der Waals surface area contributed by atoms with Crippen LogP contribution in [-0.4, -0.2) is 31.6 Å². The van der Waals surface area contributed by atoms with Gasteiger partial charge >= 0.3 is 0 Å². The smallest absolute Gasteiger partial charge is 0.282 e. The Bertz CT molecular complexity index is 1280. The Morgan fingerprint density at radius 3 is 2.18 bits per heavy atom. The van der Waals surface area contributed by atoms with Crippen molar-refractivity contribution in [1.29, 1.82) is 0 Å². The standard InChI is InChI=1S/C28H26N2O4/c1-3-33-21-15-13-20(14-16-21)25-26(29-18-17-19-9-5-6-10-22(19)29)28(32)30(27(25)31)23-11-7-8-12-24(23)34-4-2/h5-16H,3-4,17-18H2,1-2H3. The van der Waals surface area contributed by atoms with Crippen LogP contribution in [-0.2, 0) is 16.0 Å². The Labute approximate surface area is 199 Å². The third-order valence-electron chi connectivity index (χ3n) is 6.08. The van der Waals surface area contributed by atoms with E-state index in [1.54, 1.807) is 18.2 Å². The first-order valence-electron chi connectivity index (χ1n) is 11.6. The quantitative estimate of drug-likeness (QED) is 0.479. The lowest BCUT2D eigenvalue weighted by atomic mass is 10.0. The number of carbonyl (C=O) groups is 2. The number of fused-ring (bicyclic) bond motifs is 1. The van der Waals surface area contributed by atoms with Crippen molar-refractivity contribution >= 4 is 28.8 Å². The normalized spacial score (nSPS) is 15.2. The summed E-state index contributed by atoms with van der Waals surface area (Å²) in [4.78, 5) is 31.1. The van der Waals surface area contributed by atoms with Crippen molar-refractivity contribution in [3.8, 4) is 11.5 Å². The van der Waals surface area contributed by atoms with Crippen LogP contribution in [0.15, 0.2) is 78.5 Å². The maximum absolute atomic E-state index is 13.9. The van der Waals surface area contributed by atoms with E-state index in [1.807, 2.05) is 67.3 Å². The zero-order valence-corrected chi connectivity index (χ0v) is 19.3. The Morgan fingerprint density at radius 1 is 0.765 bits per heavy atom. The summed E-state index contributed by atoms with van der Waals surface area (Å²) in [6.07, 6.45) is 0.813. The second-order valence-corrected chi connectivity index (χ2v) is 8.06. The van der Waals surface area contributed by atoms with E-state index in [4.69, 9.17) is 9.47 Å². The summed E-state index contributed by atoms with van der Waals surface area (Å²) in [5.41, 5.74) is 4.03. The zero-order valence-electron chi connectivity index (χ0n) is 19.3. The summed E-state index contributed by atoms with van der Waals surface area (Å²) < 4.78 is 11.3.